The smallest absolute Gasteiger partial charge is 0.417 e. The summed E-state index contributed by atoms with van der Waals surface area (Å²) in [5.41, 5.74) is 0.277. The zero-order valence-electron chi connectivity index (χ0n) is 15.5. The molecule has 2 amide bonds. The summed E-state index contributed by atoms with van der Waals surface area (Å²) < 4.78 is 21.0. The highest BCUT2D eigenvalue weighted by Crippen LogP contribution is 2.36. The van der Waals surface area contributed by atoms with Crippen LogP contribution in [0.2, 0.25) is 0 Å². The highest BCUT2D eigenvalue weighted by molar-refractivity contribution is 5.95. The van der Waals surface area contributed by atoms with Crippen molar-refractivity contribution in [2.24, 2.45) is 5.41 Å². The van der Waals surface area contributed by atoms with Crippen LogP contribution in [0.15, 0.2) is 12.1 Å². The Labute approximate surface area is 147 Å². The minimum absolute atomic E-state index is 0.0436. The second-order valence-corrected chi connectivity index (χ2v) is 6.91. The molecular weight excluding hydrogens is 326 g/mol. The third-order valence-electron chi connectivity index (χ3n) is 4.29. The fraction of sp³-hybridized carbons (Fsp3) is 0.556. The molecule has 0 bridgehead atoms. The lowest BCUT2D eigenvalue weighted by Crippen LogP contribution is -2.46. The number of imide groups is 1. The van der Waals surface area contributed by atoms with Gasteiger partial charge in [-0.1, -0.05) is 20.8 Å². The molecule has 1 aromatic rings. The predicted octanol–water partition coefficient (Wildman–Crippen LogP) is 2.65. The zero-order chi connectivity index (χ0) is 18.8. The van der Waals surface area contributed by atoms with Gasteiger partial charge in [-0.05, 0) is 5.41 Å². The zero-order valence-corrected chi connectivity index (χ0v) is 15.5. The van der Waals surface area contributed by atoms with Gasteiger partial charge in [0.2, 0.25) is 5.91 Å². The van der Waals surface area contributed by atoms with E-state index in [0.29, 0.717) is 22.8 Å². The average Bonchev–Trinajstić information content (AvgIpc) is 2.96. The summed E-state index contributed by atoms with van der Waals surface area (Å²) in [7, 11) is 4.54. The number of benzene rings is 1. The molecule has 1 aliphatic rings. The molecule has 7 nitrogen and oxygen atoms in total. The van der Waals surface area contributed by atoms with Crippen molar-refractivity contribution in [2.75, 3.05) is 27.9 Å². The lowest BCUT2D eigenvalue weighted by molar-refractivity contribution is -0.129. The van der Waals surface area contributed by atoms with Crippen molar-refractivity contribution in [2.45, 2.75) is 33.2 Å². The fourth-order valence-electron chi connectivity index (χ4n) is 2.82. The molecular formula is C18H25NO6. The van der Waals surface area contributed by atoms with Crippen LogP contribution in [0.5, 0.6) is 17.2 Å². The Kier molecular flexibility index (Phi) is 5.45. The molecule has 1 aliphatic heterocycles. The number of amides is 2. The van der Waals surface area contributed by atoms with Crippen LogP contribution in [-0.4, -0.2) is 50.9 Å². The van der Waals surface area contributed by atoms with E-state index in [1.54, 1.807) is 12.1 Å². The number of carbonyl (C=O) groups excluding carboxylic acids is 2. The molecule has 0 aromatic heterocycles. The van der Waals surface area contributed by atoms with Gasteiger partial charge < -0.3 is 18.9 Å². The van der Waals surface area contributed by atoms with Gasteiger partial charge in [0, 0.05) is 17.7 Å². The average molecular weight is 351 g/mol. The largest absolute Gasteiger partial charge is 0.496 e. The monoisotopic (exact) mass is 351 g/mol. The van der Waals surface area contributed by atoms with E-state index in [0.717, 1.165) is 0 Å². The molecule has 1 aromatic carbocycles. The molecule has 0 spiro atoms. The first kappa shape index (κ1) is 18.9. The van der Waals surface area contributed by atoms with Crippen molar-refractivity contribution >= 4 is 12.0 Å². The molecule has 1 saturated heterocycles. The quantitative estimate of drug-likeness (QED) is 0.812. The van der Waals surface area contributed by atoms with Crippen LogP contribution in [0.4, 0.5) is 4.79 Å². The first-order valence-corrected chi connectivity index (χ1v) is 8.00. The number of hydrogen-bond acceptors (Lipinski definition) is 6. The summed E-state index contributed by atoms with van der Waals surface area (Å²) in [5, 5.41) is 0. The second-order valence-electron chi connectivity index (χ2n) is 6.91. The standard InChI is InChI=1S/C18H25NO6/c1-18(2,3)15-10-25-17(21)19(15)16(20)9-12-13(23-5)7-11(22-4)8-14(12)24-6/h7-8,15H,9-10H2,1-6H3/t15-/m1/s1. The van der Waals surface area contributed by atoms with E-state index < -0.39 is 6.09 Å². The Morgan fingerprint density at radius 3 is 2.16 bits per heavy atom. The van der Waals surface area contributed by atoms with Crippen molar-refractivity contribution in [1.29, 1.82) is 0 Å². The molecule has 0 saturated carbocycles. The Bertz CT molecular complexity index is 639. The van der Waals surface area contributed by atoms with Gasteiger partial charge in [0.1, 0.15) is 23.9 Å². The van der Waals surface area contributed by atoms with E-state index in [1.807, 2.05) is 20.8 Å². The van der Waals surface area contributed by atoms with Gasteiger partial charge in [0.25, 0.3) is 0 Å². The van der Waals surface area contributed by atoms with Crippen molar-refractivity contribution in [1.82, 2.24) is 4.90 Å². The van der Waals surface area contributed by atoms with Crippen LogP contribution in [0, 0.1) is 5.41 Å². The summed E-state index contributed by atoms with van der Waals surface area (Å²) in [6.07, 6.45) is -0.658. The van der Waals surface area contributed by atoms with Crippen LogP contribution >= 0.6 is 0 Å². The molecule has 0 unspecified atom stereocenters. The van der Waals surface area contributed by atoms with Crippen LogP contribution < -0.4 is 14.2 Å². The molecule has 0 aliphatic carbocycles. The van der Waals surface area contributed by atoms with Crippen molar-refractivity contribution in [3.05, 3.63) is 17.7 Å². The Morgan fingerprint density at radius 1 is 1.16 bits per heavy atom. The number of ether oxygens (including phenoxy) is 4. The lowest BCUT2D eigenvalue weighted by Gasteiger charge is -2.31. The molecule has 138 valence electrons. The van der Waals surface area contributed by atoms with Crippen molar-refractivity contribution in [3.63, 3.8) is 0 Å². The number of rotatable bonds is 5. The van der Waals surface area contributed by atoms with Crippen molar-refractivity contribution < 1.29 is 28.5 Å². The maximum absolute atomic E-state index is 12.9. The highest BCUT2D eigenvalue weighted by atomic mass is 16.6. The molecule has 0 N–H and O–H groups in total. The van der Waals surface area contributed by atoms with Gasteiger partial charge in [-0.2, -0.15) is 0 Å². The van der Waals surface area contributed by atoms with Crippen LogP contribution in [0.3, 0.4) is 0 Å². The van der Waals surface area contributed by atoms with Crippen molar-refractivity contribution in [3.8, 4) is 17.2 Å². The summed E-state index contributed by atoms with van der Waals surface area (Å²) in [6, 6.07) is 3.03. The minimum atomic E-state index is -0.614. The van der Waals surface area contributed by atoms with Gasteiger partial charge in [0.05, 0.1) is 33.8 Å². The second kappa shape index (κ2) is 7.21. The lowest BCUT2D eigenvalue weighted by atomic mass is 9.86. The molecule has 0 radical (unpaired) electrons. The first-order valence-electron chi connectivity index (χ1n) is 8.00. The van der Waals surface area contributed by atoms with Crippen LogP contribution in [0.1, 0.15) is 26.3 Å². The number of methoxy groups -OCH3 is 3. The van der Waals surface area contributed by atoms with E-state index >= 15 is 0 Å². The summed E-state index contributed by atoms with van der Waals surface area (Å²) in [4.78, 5) is 26.1. The molecule has 25 heavy (non-hydrogen) atoms. The minimum Gasteiger partial charge on any atom is -0.496 e. The molecule has 2 rings (SSSR count). The Balaban J connectivity index is 2.35. The predicted molar refractivity (Wildman–Crippen MR) is 91.2 cm³/mol. The maximum atomic E-state index is 12.9. The van der Waals surface area contributed by atoms with E-state index in [1.165, 1.54) is 26.2 Å². The van der Waals surface area contributed by atoms with Gasteiger partial charge in [-0.3, -0.25) is 4.79 Å². The molecule has 1 atom stereocenters. The van der Waals surface area contributed by atoms with Gasteiger partial charge >= 0.3 is 6.09 Å². The summed E-state index contributed by atoms with van der Waals surface area (Å²) in [6.45, 7) is 6.10. The highest BCUT2D eigenvalue weighted by Gasteiger charge is 2.44. The number of cyclic esters (lactones) is 1. The van der Waals surface area contributed by atoms with E-state index in [4.69, 9.17) is 18.9 Å². The topological polar surface area (TPSA) is 74.3 Å². The van der Waals surface area contributed by atoms with Gasteiger partial charge in [-0.25, -0.2) is 9.69 Å². The Hall–Kier alpha value is -2.44. The summed E-state index contributed by atoms with van der Waals surface area (Å²) >= 11 is 0. The fourth-order valence-corrected chi connectivity index (χ4v) is 2.82. The molecule has 1 fully saturated rings. The number of nitrogens with zero attached hydrogens (tertiary/aromatic N) is 1. The first-order chi connectivity index (χ1) is 11.7. The van der Waals surface area contributed by atoms with Gasteiger partial charge in [0.15, 0.2) is 0 Å². The summed E-state index contributed by atoms with van der Waals surface area (Å²) in [5.74, 6) is 1.12. The molecule has 1 heterocycles. The Morgan fingerprint density at radius 2 is 1.72 bits per heavy atom. The normalized spacial score (nSPS) is 17.3. The number of hydrogen-bond donors (Lipinski definition) is 0. The van der Waals surface area contributed by atoms with Crippen LogP contribution in [0.25, 0.3) is 0 Å². The SMILES string of the molecule is COc1cc(OC)c(CC(=O)N2C(=O)OC[C@@H]2C(C)(C)C)c(OC)c1. The van der Waals surface area contributed by atoms with Crippen LogP contribution in [-0.2, 0) is 16.0 Å². The van der Waals surface area contributed by atoms with E-state index in [2.05, 4.69) is 0 Å². The van der Waals surface area contributed by atoms with E-state index in [9.17, 15) is 9.59 Å². The molecule has 7 heteroatoms. The van der Waals surface area contributed by atoms with E-state index in [-0.39, 0.29) is 30.4 Å². The third-order valence-corrected chi connectivity index (χ3v) is 4.29. The number of carbonyl (C=O) groups is 2. The maximum Gasteiger partial charge on any atom is 0.417 e. The van der Waals surface area contributed by atoms with Gasteiger partial charge in [-0.15, -0.1) is 0 Å². The third kappa shape index (κ3) is 3.81.